The van der Waals surface area contributed by atoms with E-state index in [9.17, 15) is 0 Å². The Morgan fingerprint density at radius 2 is 2.03 bits per heavy atom. The lowest BCUT2D eigenvalue weighted by Gasteiger charge is -2.30. The van der Waals surface area contributed by atoms with Crippen molar-refractivity contribution in [3.8, 4) is 5.82 Å². The molecule has 1 saturated carbocycles. The molecule has 3 rings (SSSR count). The van der Waals surface area contributed by atoms with Crippen molar-refractivity contribution in [2.24, 2.45) is 10.4 Å². The van der Waals surface area contributed by atoms with Gasteiger partial charge in [-0.15, -0.1) is 24.0 Å². The van der Waals surface area contributed by atoms with Crippen LogP contribution in [0.15, 0.2) is 35.7 Å². The van der Waals surface area contributed by atoms with Crippen LogP contribution >= 0.6 is 24.0 Å². The third-order valence-electron chi connectivity index (χ3n) is 5.78. The predicted octanol–water partition coefficient (Wildman–Crippen LogP) is 3.85. The Morgan fingerprint density at radius 1 is 1.23 bits per heavy atom. The molecule has 7 nitrogen and oxygen atoms in total. The first-order chi connectivity index (χ1) is 14.2. The van der Waals surface area contributed by atoms with Crippen LogP contribution < -0.4 is 10.6 Å². The minimum Gasteiger partial charge on any atom is -0.385 e. The molecular weight excluding hydrogens is 491 g/mol. The fourth-order valence-corrected chi connectivity index (χ4v) is 4.01. The van der Waals surface area contributed by atoms with E-state index in [1.165, 1.54) is 25.7 Å². The molecule has 0 saturated heterocycles. The number of ether oxygens (including phenoxy) is 1. The number of nitrogens with one attached hydrogen (secondary N) is 2. The second-order valence-electron chi connectivity index (χ2n) is 7.87. The van der Waals surface area contributed by atoms with Crippen molar-refractivity contribution in [1.29, 1.82) is 0 Å². The van der Waals surface area contributed by atoms with E-state index in [0.29, 0.717) is 12.0 Å². The molecule has 1 fully saturated rings. The van der Waals surface area contributed by atoms with Gasteiger partial charge in [-0.3, -0.25) is 4.57 Å². The number of aromatic nitrogens is 3. The highest BCUT2D eigenvalue weighted by atomic mass is 127. The van der Waals surface area contributed by atoms with Crippen LogP contribution in [0.2, 0.25) is 0 Å². The minimum absolute atomic E-state index is 0. The second kappa shape index (κ2) is 12.2. The van der Waals surface area contributed by atoms with Gasteiger partial charge in [-0.2, -0.15) is 0 Å². The van der Waals surface area contributed by atoms with Gasteiger partial charge in [-0.05, 0) is 50.2 Å². The van der Waals surface area contributed by atoms with Crippen LogP contribution in [0.3, 0.4) is 0 Å². The number of methoxy groups -OCH3 is 1. The number of imidazole rings is 1. The Hall–Kier alpha value is -1.68. The van der Waals surface area contributed by atoms with E-state index in [4.69, 9.17) is 9.73 Å². The zero-order valence-corrected chi connectivity index (χ0v) is 20.7. The first-order valence-corrected chi connectivity index (χ1v) is 10.6. The van der Waals surface area contributed by atoms with Gasteiger partial charge in [-0.1, -0.05) is 18.9 Å². The Morgan fingerprint density at radius 3 is 2.63 bits per heavy atom. The Balaban J connectivity index is 0.00000320. The predicted molar refractivity (Wildman–Crippen MR) is 132 cm³/mol. The van der Waals surface area contributed by atoms with E-state index in [2.05, 4.69) is 33.6 Å². The number of rotatable bonds is 9. The molecular formula is C22H35IN6O. The number of hydrogen-bond donors (Lipinski definition) is 2. The molecule has 2 aromatic heterocycles. The molecule has 0 unspecified atom stereocenters. The maximum absolute atomic E-state index is 5.35. The third-order valence-corrected chi connectivity index (χ3v) is 5.78. The van der Waals surface area contributed by atoms with Gasteiger partial charge in [0.05, 0.1) is 6.54 Å². The monoisotopic (exact) mass is 526 g/mol. The van der Waals surface area contributed by atoms with Gasteiger partial charge in [0.1, 0.15) is 11.6 Å². The molecule has 1 aliphatic carbocycles. The van der Waals surface area contributed by atoms with E-state index in [0.717, 1.165) is 49.3 Å². The summed E-state index contributed by atoms with van der Waals surface area (Å²) in [4.78, 5) is 13.6. The molecule has 0 radical (unpaired) electrons. The van der Waals surface area contributed by atoms with Gasteiger partial charge < -0.3 is 15.4 Å². The molecule has 0 aliphatic heterocycles. The zero-order chi connectivity index (χ0) is 20.5. The smallest absolute Gasteiger partial charge is 0.191 e. The summed E-state index contributed by atoms with van der Waals surface area (Å²) in [6, 6.07) is 4.09. The lowest BCUT2D eigenvalue weighted by Crippen LogP contribution is -2.43. The van der Waals surface area contributed by atoms with Crippen LogP contribution in [0.1, 0.15) is 50.4 Å². The summed E-state index contributed by atoms with van der Waals surface area (Å²) in [5.74, 6) is 2.67. The number of guanidine groups is 1. The standard InChI is InChI=1S/C22H34N6O.HI/c1-4-23-21(27-17-22(11-14-29-3)9-5-6-10-22)26-16-19-7-8-20(25-15-19)28-13-12-24-18(28)2;/h7-8,12-13,15H,4-6,9-11,14,16-17H2,1-3H3,(H2,23,26,27);1H. The highest BCUT2D eigenvalue weighted by Gasteiger charge is 2.33. The van der Waals surface area contributed by atoms with Crippen molar-refractivity contribution in [3.05, 3.63) is 42.1 Å². The third kappa shape index (κ3) is 6.66. The fourth-order valence-electron chi connectivity index (χ4n) is 4.01. The van der Waals surface area contributed by atoms with Gasteiger partial charge in [0, 0.05) is 45.4 Å². The number of halogens is 1. The maximum Gasteiger partial charge on any atom is 0.191 e. The summed E-state index contributed by atoms with van der Waals surface area (Å²) in [6.45, 7) is 7.27. The average molecular weight is 526 g/mol. The molecule has 166 valence electrons. The van der Waals surface area contributed by atoms with Crippen molar-refractivity contribution in [3.63, 3.8) is 0 Å². The van der Waals surface area contributed by atoms with Crippen LogP contribution in [0.5, 0.6) is 0 Å². The topological polar surface area (TPSA) is 76.4 Å². The first kappa shape index (κ1) is 24.6. The number of aryl methyl sites for hydroxylation is 1. The van der Waals surface area contributed by atoms with Gasteiger partial charge >= 0.3 is 0 Å². The molecule has 2 aromatic rings. The van der Waals surface area contributed by atoms with Gasteiger partial charge in [0.2, 0.25) is 0 Å². The van der Waals surface area contributed by atoms with Crippen molar-refractivity contribution in [2.75, 3.05) is 26.8 Å². The Labute approximate surface area is 197 Å². The Kier molecular flexibility index (Phi) is 10.0. The average Bonchev–Trinajstić information content (AvgIpc) is 3.38. The lowest BCUT2D eigenvalue weighted by molar-refractivity contribution is 0.138. The normalized spacial score (nSPS) is 15.6. The molecule has 0 spiro atoms. The quantitative estimate of drug-likeness (QED) is 0.295. The molecule has 1 aliphatic rings. The summed E-state index contributed by atoms with van der Waals surface area (Å²) in [5, 5.41) is 6.94. The fraction of sp³-hybridized carbons (Fsp3) is 0.591. The van der Waals surface area contributed by atoms with Crippen LogP contribution in [-0.4, -0.2) is 47.3 Å². The Bertz CT molecular complexity index is 783. The van der Waals surface area contributed by atoms with Crippen molar-refractivity contribution in [1.82, 2.24) is 25.2 Å². The van der Waals surface area contributed by atoms with Gasteiger partial charge in [-0.25, -0.2) is 15.0 Å². The summed E-state index contributed by atoms with van der Waals surface area (Å²) >= 11 is 0. The number of pyridine rings is 1. The minimum atomic E-state index is 0. The molecule has 0 aromatic carbocycles. The zero-order valence-electron chi connectivity index (χ0n) is 18.4. The molecule has 0 bridgehead atoms. The lowest BCUT2D eigenvalue weighted by atomic mass is 9.83. The number of hydrogen-bond acceptors (Lipinski definition) is 4. The summed E-state index contributed by atoms with van der Waals surface area (Å²) < 4.78 is 7.32. The van der Waals surface area contributed by atoms with Gasteiger partial charge in [0.15, 0.2) is 5.96 Å². The van der Waals surface area contributed by atoms with Gasteiger partial charge in [0.25, 0.3) is 0 Å². The van der Waals surface area contributed by atoms with Crippen LogP contribution in [0, 0.1) is 12.3 Å². The van der Waals surface area contributed by atoms with Crippen LogP contribution in [0.25, 0.3) is 5.82 Å². The molecule has 8 heteroatoms. The largest absolute Gasteiger partial charge is 0.385 e. The van der Waals surface area contributed by atoms with Crippen molar-refractivity contribution in [2.45, 2.75) is 52.5 Å². The summed E-state index contributed by atoms with van der Waals surface area (Å²) in [5.41, 5.74) is 1.41. The molecule has 2 N–H and O–H groups in total. The van der Waals surface area contributed by atoms with E-state index < -0.39 is 0 Å². The summed E-state index contributed by atoms with van der Waals surface area (Å²) in [7, 11) is 1.79. The highest BCUT2D eigenvalue weighted by molar-refractivity contribution is 14.0. The molecule has 30 heavy (non-hydrogen) atoms. The van der Waals surface area contributed by atoms with Crippen molar-refractivity contribution < 1.29 is 4.74 Å². The van der Waals surface area contributed by atoms with E-state index in [1.54, 1.807) is 13.3 Å². The molecule has 0 amide bonds. The van der Waals surface area contributed by atoms with Crippen LogP contribution in [0.4, 0.5) is 0 Å². The highest BCUT2D eigenvalue weighted by Crippen LogP contribution is 2.40. The second-order valence-corrected chi connectivity index (χ2v) is 7.87. The first-order valence-electron chi connectivity index (χ1n) is 10.6. The molecule has 2 heterocycles. The van der Waals surface area contributed by atoms with E-state index in [1.807, 2.05) is 30.0 Å². The molecule has 0 atom stereocenters. The van der Waals surface area contributed by atoms with Crippen LogP contribution in [-0.2, 0) is 11.3 Å². The summed E-state index contributed by atoms with van der Waals surface area (Å²) in [6.07, 6.45) is 11.9. The van der Waals surface area contributed by atoms with E-state index in [-0.39, 0.29) is 24.0 Å². The SMILES string of the molecule is CCNC(=NCc1ccc(-n2ccnc2C)nc1)NCC1(CCOC)CCCC1.I. The maximum atomic E-state index is 5.35. The number of nitrogens with zero attached hydrogens (tertiary/aromatic N) is 4. The van der Waals surface area contributed by atoms with E-state index >= 15 is 0 Å². The number of aliphatic imine (C=N–C) groups is 1. The van der Waals surface area contributed by atoms with Crippen molar-refractivity contribution >= 4 is 29.9 Å².